The molecule has 2 amide bonds. The molecule has 2 aromatic rings. The van der Waals surface area contributed by atoms with Crippen molar-refractivity contribution < 1.29 is 28.2 Å². The number of carbonyl (C=O) groups is 2. The third-order valence-corrected chi connectivity index (χ3v) is 3.88. The first-order chi connectivity index (χ1) is 12.9. The number of nitrogens with two attached hydrogens (primary N) is 1. The van der Waals surface area contributed by atoms with Crippen molar-refractivity contribution >= 4 is 17.5 Å². The lowest BCUT2D eigenvalue weighted by Gasteiger charge is -2.23. The lowest BCUT2D eigenvalue weighted by molar-refractivity contribution is -0.117. The van der Waals surface area contributed by atoms with Crippen molar-refractivity contribution in [3.63, 3.8) is 0 Å². The van der Waals surface area contributed by atoms with Gasteiger partial charge in [-0.05, 0) is 36.4 Å². The Hall–Kier alpha value is -3.29. The average Bonchev–Trinajstić information content (AvgIpc) is 2.67. The molecule has 7 nitrogen and oxygen atoms in total. The molecule has 0 aliphatic rings. The first-order valence-corrected chi connectivity index (χ1v) is 8.07. The molecule has 0 bridgehead atoms. The fourth-order valence-electron chi connectivity index (χ4n) is 2.55. The van der Waals surface area contributed by atoms with Gasteiger partial charge in [-0.25, -0.2) is 4.39 Å². The molecule has 0 spiro atoms. The summed E-state index contributed by atoms with van der Waals surface area (Å²) in [6.45, 7) is 0.0382. The van der Waals surface area contributed by atoms with Crippen LogP contribution in [-0.2, 0) is 4.79 Å². The second kappa shape index (κ2) is 8.88. The van der Waals surface area contributed by atoms with Crippen molar-refractivity contribution in [1.29, 1.82) is 0 Å². The fraction of sp³-hybridized carbons (Fsp3) is 0.263. The van der Waals surface area contributed by atoms with Crippen molar-refractivity contribution in [3.05, 3.63) is 47.8 Å². The van der Waals surface area contributed by atoms with Crippen LogP contribution in [0.4, 0.5) is 10.1 Å². The molecule has 0 radical (unpaired) electrons. The lowest BCUT2D eigenvalue weighted by atomic mass is 10.1. The van der Waals surface area contributed by atoms with E-state index in [1.165, 1.54) is 62.6 Å². The van der Waals surface area contributed by atoms with Gasteiger partial charge in [-0.3, -0.25) is 9.59 Å². The minimum absolute atomic E-state index is 0.0382. The van der Waals surface area contributed by atoms with Crippen molar-refractivity contribution in [2.45, 2.75) is 6.42 Å². The van der Waals surface area contributed by atoms with Gasteiger partial charge in [0.1, 0.15) is 5.82 Å². The summed E-state index contributed by atoms with van der Waals surface area (Å²) >= 11 is 0. The van der Waals surface area contributed by atoms with Gasteiger partial charge in [-0.15, -0.1) is 0 Å². The predicted molar refractivity (Wildman–Crippen MR) is 98.0 cm³/mol. The molecule has 0 aliphatic heterocycles. The van der Waals surface area contributed by atoms with Crippen molar-refractivity contribution in [2.75, 3.05) is 32.8 Å². The van der Waals surface area contributed by atoms with Crippen LogP contribution in [0.25, 0.3) is 0 Å². The summed E-state index contributed by atoms with van der Waals surface area (Å²) in [7, 11) is 4.34. The first kappa shape index (κ1) is 20.0. The largest absolute Gasteiger partial charge is 0.493 e. The monoisotopic (exact) mass is 376 g/mol. The maximum absolute atomic E-state index is 13.2. The molecule has 0 atom stereocenters. The molecule has 0 saturated carbocycles. The van der Waals surface area contributed by atoms with Crippen LogP contribution in [0.1, 0.15) is 16.8 Å². The Bertz CT molecular complexity index is 798. The maximum Gasteiger partial charge on any atom is 0.258 e. The third-order valence-electron chi connectivity index (χ3n) is 3.88. The quantitative estimate of drug-likeness (QED) is 0.764. The number of ether oxygens (including phenoxy) is 3. The number of carbonyl (C=O) groups excluding carboxylic acids is 2. The molecule has 2 rings (SSSR count). The van der Waals surface area contributed by atoms with Crippen LogP contribution >= 0.6 is 0 Å². The minimum Gasteiger partial charge on any atom is -0.493 e. The van der Waals surface area contributed by atoms with Crippen molar-refractivity contribution in [2.24, 2.45) is 5.73 Å². The van der Waals surface area contributed by atoms with Gasteiger partial charge in [0.05, 0.1) is 21.3 Å². The highest BCUT2D eigenvalue weighted by Gasteiger charge is 2.22. The molecule has 0 unspecified atom stereocenters. The third kappa shape index (κ3) is 4.66. The zero-order valence-electron chi connectivity index (χ0n) is 15.3. The second-order valence-corrected chi connectivity index (χ2v) is 5.56. The van der Waals surface area contributed by atoms with E-state index in [1.54, 1.807) is 0 Å². The zero-order chi connectivity index (χ0) is 20.0. The highest BCUT2D eigenvalue weighted by molar-refractivity contribution is 6.07. The van der Waals surface area contributed by atoms with Crippen LogP contribution in [0.3, 0.4) is 0 Å². The molecular formula is C19H21FN2O5. The Balaban J connectivity index is 2.47. The van der Waals surface area contributed by atoms with E-state index in [4.69, 9.17) is 19.9 Å². The summed E-state index contributed by atoms with van der Waals surface area (Å²) in [5, 5.41) is 0. The Morgan fingerprint density at radius 1 is 1.00 bits per heavy atom. The summed E-state index contributed by atoms with van der Waals surface area (Å²) in [4.78, 5) is 25.6. The van der Waals surface area contributed by atoms with Crippen LogP contribution in [0, 0.1) is 5.82 Å². The minimum atomic E-state index is -0.556. The number of rotatable bonds is 8. The lowest BCUT2D eigenvalue weighted by Crippen LogP contribution is -2.34. The van der Waals surface area contributed by atoms with Gasteiger partial charge >= 0.3 is 0 Å². The van der Waals surface area contributed by atoms with Gasteiger partial charge in [-0.1, -0.05) is 0 Å². The number of anilines is 1. The van der Waals surface area contributed by atoms with E-state index in [0.29, 0.717) is 22.9 Å². The standard InChI is InChI=1S/C19H21FN2O5/c1-25-15-10-12(11-16(26-2)18(15)27-3)19(24)22(9-8-17(21)23)14-6-4-13(20)5-7-14/h4-7,10-11H,8-9H2,1-3H3,(H2,21,23). The topological polar surface area (TPSA) is 91.1 Å². The van der Waals surface area contributed by atoms with Crippen LogP contribution in [0.15, 0.2) is 36.4 Å². The van der Waals surface area contributed by atoms with E-state index >= 15 is 0 Å². The van der Waals surface area contributed by atoms with E-state index in [-0.39, 0.29) is 18.5 Å². The van der Waals surface area contributed by atoms with E-state index in [9.17, 15) is 14.0 Å². The summed E-state index contributed by atoms with van der Waals surface area (Å²) in [6.07, 6.45) is -0.0481. The van der Waals surface area contributed by atoms with Gasteiger partial charge in [0.15, 0.2) is 11.5 Å². The maximum atomic E-state index is 13.2. The molecule has 8 heteroatoms. The van der Waals surface area contributed by atoms with Gasteiger partial charge in [0.2, 0.25) is 11.7 Å². The van der Waals surface area contributed by atoms with Crippen LogP contribution < -0.4 is 24.8 Å². The van der Waals surface area contributed by atoms with E-state index in [2.05, 4.69) is 0 Å². The molecule has 0 aliphatic carbocycles. The number of hydrogen-bond donors (Lipinski definition) is 1. The smallest absolute Gasteiger partial charge is 0.258 e. The van der Waals surface area contributed by atoms with Gasteiger partial charge in [0.25, 0.3) is 5.91 Å². The summed E-state index contributed by atoms with van der Waals surface area (Å²) in [5.74, 6) is -0.443. The van der Waals surface area contributed by atoms with Crippen LogP contribution in [0.2, 0.25) is 0 Å². The molecule has 0 saturated heterocycles. The van der Waals surface area contributed by atoms with Crippen LogP contribution in [0.5, 0.6) is 17.2 Å². The summed E-state index contributed by atoms with van der Waals surface area (Å²) < 4.78 is 29.0. The molecule has 27 heavy (non-hydrogen) atoms. The molecule has 0 heterocycles. The van der Waals surface area contributed by atoms with Gasteiger partial charge in [-0.2, -0.15) is 0 Å². The second-order valence-electron chi connectivity index (χ2n) is 5.56. The van der Waals surface area contributed by atoms with Crippen molar-refractivity contribution in [3.8, 4) is 17.2 Å². The number of nitrogens with zero attached hydrogens (tertiary/aromatic N) is 1. The molecule has 0 fully saturated rings. The number of amides is 2. The average molecular weight is 376 g/mol. The van der Waals surface area contributed by atoms with E-state index in [1.807, 2.05) is 0 Å². The normalized spacial score (nSPS) is 10.2. The Morgan fingerprint density at radius 2 is 1.56 bits per heavy atom. The van der Waals surface area contributed by atoms with Crippen molar-refractivity contribution in [1.82, 2.24) is 0 Å². The number of methoxy groups -OCH3 is 3. The number of benzene rings is 2. The van der Waals surface area contributed by atoms with Crippen LogP contribution in [-0.4, -0.2) is 39.7 Å². The van der Waals surface area contributed by atoms with Gasteiger partial charge in [0, 0.05) is 24.2 Å². The number of hydrogen-bond acceptors (Lipinski definition) is 5. The first-order valence-electron chi connectivity index (χ1n) is 8.07. The predicted octanol–water partition coefficient (Wildman–Crippen LogP) is 2.37. The Kier molecular flexibility index (Phi) is 6.59. The summed E-state index contributed by atoms with van der Waals surface area (Å²) in [5.41, 5.74) is 5.89. The molecule has 144 valence electrons. The number of primary amides is 1. The highest BCUT2D eigenvalue weighted by atomic mass is 19.1. The summed E-state index contributed by atoms with van der Waals surface area (Å²) in [6, 6.07) is 8.37. The fourth-order valence-corrected chi connectivity index (χ4v) is 2.55. The molecule has 2 N–H and O–H groups in total. The number of halogens is 1. The van der Waals surface area contributed by atoms with Gasteiger partial charge < -0.3 is 24.8 Å². The highest BCUT2D eigenvalue weighted by Crippen LogP contribution is 2.38. The Morgan fingerprint density at radius 3 is 2.00 bits per heavy atom. The van der Waals surface area contributed by atoms with E-state index < -0.39 is 17.6 Å². The Labute approximate surface area is 156 Å². The molecule has 0 aromatic heterocycles. The molecular weight excluding hydrogens is 355 g/mol. The molecule has 2 aromatic carbocycles. The SMILES string of the molecule is COc1cc(C(=O)N(CCC(N)=O)c2ccc(F)cc2)cc(OC)c1OC. The van der Waals surface area contributed by atoms with E-state index in [0.717, 1.165) is 0 Å². The zero-order valence-corrected chi connectivity index (χ0v) is 15.3.